The number of hydrogen-bond donors (Lipinski definition) is 0. The number of pyridine rings is 1. The van der Waals surface area contributed by atoms with Crippen LogP contribution in [0.1, 0.15) is 27.3 Å². The summed E-state index contributed by atoms with van der Waals surface area (Å²) in [4.78, 5) is 12.9. The first-order valence-corrected chi connectivity index (χ1v) is 9.55. The standard InChI is InChI=1S/C23H25N2O3/c1-16-8-10-24(11-9-16)14-21(26)20-12-17(2)25(18(20)3)13-19-15-27-22-6-4-5-7-23(22)28-19/h4-12,19H,13-15H2,1-3H3/q+1/t19-/m0/s1. The summed E-state index contributed by atoms with van der Waals surface area (Å²) in [6, 6.07) is 13.7. The predicted octanol–water partition coefficient (Wildman–Crippen LogP) is 3.42. The van der Waals surface area contributed by atoms with Crippen LogP contribution >= 0.6 is 0 Å². The minimum atomic E-state index is -0.0888. The quantitative estimate of drug-likeness (QED) is 0.505. The zero-order valence-electron chi connectivity index (χ0n) is 16.5. The maximum absolute atomic E-state index is 12.9. The molecule has 2 aromatic heterocycles. The van der Waals surface area contributed by atoms with Crippen LogP contribution in [0.4, 0.5) is 0 Å². The fourth-order valence-electron chi connectivity index (χ4n) is 3.61. The molecule has 3 heterocycles. The monoisotopic (exact) mass is 377 g/mol. The van der Waals surface area contributed by atoms with Gasteiger partial charge < -0.3 is 14.0 Å². The molecule has 0 spiro atoms. The Morgan fingerprint density at radius 2 is 1.82 bits per heavy atom. The van der Waals surface area contributed by atoms with Crippen molar-refractivity contribution < 1.29 is 18.8 Å². The molecule has 0 unspecified atom stereocenters. The molecule has 28 heavy (non-hydrogen) atoms. The number of benzene rings is 1. The number of Topliss-reactive ketones (excluding diaryl/α,β-unsaturated/α-hetero) is 1. The van der Waals surface area contributed by atoms with Gasteiger partial charge >= 0.3 is 0 Å². The molecule has 1 aromatic carbocycles. The molecule has 0 saturated carbocycles. The van der Waals surface area contributed by atoms with Gasteiger partial charge in [0.2, 0.25) is 12.3 Å². The lowest BCUT2D eigenvalue weighted by Crippen LogP contribution is -2.37. The summed E-state index contributed by atoms with van der Waals surface area (Å²) in [7, 11) is 0. The van der Waals surface area contributed by atoms with Crippen LogP contribution in [-0.4, -0.2) is 23.1 Å². The number of ether oxygens (including phenoxy) is 2. The van der Waals surface area contributed by atoms with Crippen LogP contribution in [0.25, 0.3) is 0 Å². The minimum absolute atomic E-state index is 0.0888. The molecular formula is C23H25N2O3+. The summed E-state index contributed by atoms with van der Waals surface area (Å²) >= 11 is 0. The Balaban J connectivity index is 1.50. The van der Waals surface area contributed by atoms with Gasteiger partial charge in [-0.1, -0.05) is 12.1 Å². The highest BCUT2D eigenvalue weighted by molar-refractivity contribution is 5.96. The Kier molecular flexibility index (Phi) is 4.90. The number of ketones is 1. The number of para-hydroxylation sites is 2. The van der Waals surface area contributed by atoms with Gasteiger partial charge in [-0.2, -0.15) is 4.57 Å². The van der Waals surface area contributed by atoms with Gasteiger partial charge in [0.15, 0.2) is 30.0 Å². The Morgan fingerprint density at radius 1 is 1.11 bits per heavy atom. The first-order chi connectivity index (χ1) is 13.5. The van der Waals surface area contributed by atoms with E-state index in [1.807, 2.05) is 80.2 Å². The van der Waals surface area contributed by atoms with Gasteiger partial charge in [-0.05, 0) is 44.5 Å². The van der Waals surface area contributed by atoms with Gasteiger partial charge in [0.1, 0.15) is 6.61 Å². The van der Waals surface area contributed by atoms with Crippen molar-refractivity contribution in [1.29, 1.82) is 0 Å². The summed E-state index contributed by atoms with van der Waals surface area (Å²) < 4.78 is 16.0. The third-order valence-corrected chi connectivity index (χ3v) is 5.21. The Bertz CT molecular complexity index is 1010. The normalized spacial score (nSPS) is 15.5. The van der Waals surface area contributed by atoms with Crippen LogP contribution in [0.2, 0.25) is 0 Å². The number of rotatable bonds is 5. The van der Waals surface area contributed by atoms with E-state index in [1.165, 1.54) is 5.56 Å². The van der Waals surface area contributed by atoms with Gasteiger partial charge in [-0.15, -0.1) is 0 Å². The molecule has 5 nitrogen and oxygen atoms in total. The molecule has 0 bridgehead atoms. The molecule has 0 N–H and O–H groups in total. The lowest BCUT2D eigenvalue weighted by Gasteiger charge is -2.27. The van der Waals surface area contributed by atoms with Gasteiger partial charge in [-0.3, -0.25) is 4.79 Å². The van der Waals surface area contributed by atoms with E-state index < -0.39 is 0 Å². The number of nitrogens with zero attached hydrogens (tertiary/aromatic N) is 2. The van der Waals surface area contributed by atoms with Crippen LogP contribution in [0.5, 0.6) is 11.5 Å². The number of carbonyl (C=O) groups is 1. The van der Waals surface area contributed by atoms with Crippen molar-refractivity contribution in [1.82, 2.24) is 4.57 Å². The number of aromatic nitrogens is 2. The molecule has 0 fully saturated rings. The SMILES string of the molecule is Cc1cc[n+](CC(=O)c2cc(C)n(C[C@H]3COc4ccccc4O3)c2C)cc1. The lowest BCUT2D eigenvalue weighted by molar-refractivity contribution is -0.683. The molecule has 1 atom stereocenters. The molecule has 0 saturated heterocycles. The molecule has 1 aliphatic rings. The smallest absolute Gasteiger partial charge is 0.229 e. The highest BCUT2D eigenvalue weighted by Crippen LogP contribution is 2.31. The second-order valence-electron chi connectivity index (χ2n) is 7.36. The van der Waals surface area contributed by atoms with E-state index in [-0.39, 0.29) is 11.9 Å². The van der Waals surface area contributed by atoms with E-state index in [4.69, 9.17) is 9.47 Å². The number of hydrogen-bond acceptors (Lipinski definition) is 3. The third-order valence-electron chi connectivity index (χ3n) is 5.21. The summed E-state index contributed by atoms with van der Waals surface area (Å²) in [5.41, 5.74) is 3.97. The van der Waals surface area contributed by atoms with E-state index in [1.54, 1.807) is 0 Å². The fourth-order valence-corrected chi connectivity index (χ4v) is 3.61. The fraction of sp³-hybridized carbons (Fsp3) is 0.304. The first kappa shape index (κ1) is 18.3. The van der Waals surface area contributed by atoms with Gasteiger partial charge in [-0.25, -0.2) is 0 Å². The van der Waals surface area contributed by atoms with Crippen molar-refractivity contribution >= 4 is 5.78 Å². The van der Waals surface area contributed by atoms with Gasteiger partial charge in [0.05, 0.1) is 6.54 Å². The number of aryl methyl sites for hydroxylation is 2. The molecular weight excluding hydrogens is 352 g/mol. The van der Waals surface area contributed by atoms with Crippen molar-refractivity contribution in [2.24, 2.45) is 0 Å². The molecule has 144 valence electrons. The van der Waals surface area contributed by atoms with E-state index in [2.05, 4.69) is 4.57 Å². The van der Waals surface area contributed by atoms with Crippen LogP contribution in [-0.2, 0) is 13.1 Å². The van der Waals surface area contributed by atoms with Crippen molar-refractivity contribution in [3.63, 3.8) is 0 Å². The maximum atomic E-state index is 12.9. The molecule has 0 aliphatic carbocycles. The molecule has 0 amide bonds. The predicted molar refractivity (Wildman–Crippen MR) is 106 cm³/mol. The topological polar surface area (TPSA) is 44.3 Å². The minimum Gasteiger partial charge on any atom is -0.486 e. The molecule has 0 radical (unpaired) electrons. The third kappa shape index (κ3) is 3.65. The molecule has 1 aliphatic heterocycles. The second kappa shape index (κ2) is 7.50. The summed E-state index contributed by atoms with van der Waals surface area (Å²) in [5.74, 6) is 1.67. The lowest BCUT2D eigenvalue weighted by atomic mass is 10.1. The zero-order chi connectivity index (χ0) is 19.7. The van der Waals surface area contributed by atoms with Crippen molar-refractivity contribution in [2.45, 2.75) is 40.0 Å². The van der Waals surface area contributed by atoms with Crippen LogP contribution in [0.15, 0.2) is 54.9 Å². The highest BCUT2D eigenvalue weighted by Gasteiger charge is 2.24. The van der Waals surface area contributed by atoms with Gasteiger partial charge in [0.25, 0.3) is 0 Å². The largest absolute Gasteiger partial charge is 0.486 e. The molecule has 4 rings (SSSR count). The maximum Gasteiger partial charge on any atom is 0.229 e. The molecule has 5 heteroatoms. The summed E-state index contributed by atoms with van der Waals surface area (Å²) in [6.07, 6.45) is 3.79. The first-order valence-electron chi connectivity index (χ1n) is 9.55. The average molecular weight is 377 g/mol. The Morgan fingerprint density at radius 3 is 2.57 bits per heavy atom. The Labute approximate surface area is 165 Å². The van der Waals surface area contributed by atoms with Crippen molar-refractivity contribution in [2.75, 3.05) is 6.61 Å². The number of fused-ring (bicyclic) bond motifs is 1. The van der Waals surface area contributed by atoms with Crippen molar-refractivity contribution in [3.8, 4) is 11.5 Å². The van der Waals surface area contributed by atoms with Crippen molar-refractivity contribution in [3.05, 3.63) is 77.4 Å². The average Bonchev–Trinajstić information content (AvgIpc) is 2.98. The Hall–Kier alpha value is -3.08. The van der Waals surface area contributed by atoms with E-state index >= 15 is 0 Å². The van der Waals surface area contributed by atoms with Gasteiger partial charge in [0, 0.05) is 29.1 Å². The second-order valence-corrected chi connectivity index (χ2v) is 7.36. The molecule has 3 aromatic rings. The van der Waals surface area contributed by atoms with E-state index in [9.17, 15) is 4.79 Å². The summed E-state index contributed by atoms with van der Waals surface area (Å²) in [6.45, 7) is 7.54. The number of carbonyl (C=O) groups excluding carboxylic acids is 1. The zero-order valence-corrected chi connectivity index (χ0v) is 16.5. The summed E-state index contributed by atoms with van der Waals surface area (Å²) in [5, 5.41) is 0. The van der Waals surface area contributed by atoms with E-state index in [0.29, 0.717) is 19.7 Å². The van der Waals surface area contributed by atoms with Crippen LogP contribution in [0, 0.1) is 20.8 Å². The van der Waals surface area contributed by atoms with Crippen LogP contribution in [0.3, 0.4) is 0 Å². The van der Waals surface area contributed by atoms with Crippen LogP contribution < -0.4 is 14.0 Å². The van der Waals surface area contributed by atoms with E-state index in [0.717, 1.165) is 28.5 Å². The highest BCUT2D eigenvalue weighted by atomic mass is 16.6.